The summed E-state index contributed by atoms with van der Waals surface area (Å²) in [5, 5.41) is 1.02. The molecule has 0 fully saturated rings. The zero-order valence-corrected chi connectivity index (χ0v) is 11.8. The number of rotatable bonds is 4. The summed E-state index contributed by atoms with van der Waals surface area (Å²) >= 11 is 0. The Balaban J connectivity index is 2.13. The van der Waals surface area contributed by atoms with Crippen LogP contribution in [0, 0.1) is 0 Å². The first-order chi connectivity index (χ1) is 10.3. The summed E-state index contributed by atoms with van der Waals surface area (Å²) in [4.78, 5) is 11.8. The number of esters is 1. The molecule has 2 aromatic carbocycles. The van der Waals surface area contributed by atoms with Gasteiger partial charge in [-0.25, -0.2) is 0 Å². The molecule has 0 N–H and O–H groups in total. The summed E-state index contributed by atoms with van der Waals surface area (Å²) in [5.41, 5.74) is 2.80. The second kappa shape index (κ2) is 5.83. The third-order valence-electron chi connectivity index (χ3n) is 3.34. The number of para-hydroxylation sites is 1. The van der Waals surface area contributed by atoms with E-state index in [1.807, 2.05) is 54.6 Å². The summed E-state index contributed by atoms with van der Waals surface area (Å²) in [7, 11) is 0. The van der Waals surface area contributed by atoms with Crippen LogP contribution in [0.1, 0.15) is 12.7 Å². The van der Waals surface area contributed by atoms with Crippen molar-refractivity contribution < 1.29 is 13.9 Å². The molecule has 106 valence electrons. The molecule has 0 spiro atoms. The number of carbonyl (C=O) groups excluding carboxylic acids is 1. The molecule has 3 rings (SSSR count). The predicted molar refractivity (Wildman–Crippen MR) is 82.0 cm³/mol. The third kappa shape index (κ3) is 2.68. The lowest BCUT2D eigenvalue weighted by Crippen LogP contribution is -2.07. The van der Waals surface area contributed by atoms with Gasteiger partial charge < -0.3 is 9.15 Å². The second-order valence-corrected chi connectivity index (χ2v) is 4.74. The maximum absolute atomic E-state index is 11.8. The van der Waals surface area contributed by atoms with Crippen LogP contribution in [0.2, 0.25) is 0 Å². The van der Waals surface area contributed by atoms with Gasteiger partial charge in [-0.1, -0.05) is 48.5 Å². The van der Waals surface area contributed by atoms with E-state index in [0.717, 1.165) is 22.1 Å². The molecule has 0 saturated carbocycles. The molecule has 0 bridgehead atoms. The summed E-state index contributed by atoms with van der Waals surface area (Å²) in [6.07, 6.45) is 0.146. The van der Waals surface area contributed by atoms with Crippen molar-refractivity contribution in [3.8, 4) is 11.1 Å². The maximum Gasteiger partial charge on any atom is 0.313 e. The number of furan rings is 1. The van der Waals surface area contributed by atoms with Crippen LogP contribution in [-0.4, -0.2) is 12.6 Å². The van der Waals surface area contributed by atoms with Gasteiger partial charge in [0.1, 0.15) is 17.8 Å². The quantitative estimate of drug-likeness (QED) is 0.672. The molecule has 0 saturated heterocycles. The van der Waals surface area contributed by atoms with Gasteiger partial charge in [-0.2, -0.15) is 0 Å². The van der Waals surface area contributed by atoms with Gasteiger partial charge in [-0.05, 0) is 18.6 Å². The van der Waals surface area contributed by atoms with E-state index in [0.29, 0.717) is 12.4 Å². The van der Waals surface area contributed by atoms with Crippen molar-refractivity contribution in [1.82, 2.24) is 0 Å². The van der Waals surface area contributed by atoms with Gasteiger partial charge in [0, 0.05) is 10.9 Å². The van der Waals surface area contributed by atoms with E-state index in [4.69, 9.17) is 9.15 Å². The van der Waals surface area contributed by atoms with E-state index in [-0.39, 0.29) is 12.4 Å². The van der Waals surface area contributed by atoms with Gasteiger partial charge in [0.2, 0.25) is 0 Å². The Labute approximate surface area is 123 Å². The number of hydrogen-bond acceptors (Lipinski definition) is 3. The number of fused-ring (bicyclic) bond motifs is 1. The smallest absolute Gasteiger partial charge is 0.313 e. The van der Waals surface area contributed by atoms with Crippen LogP contribution in [0.4, 0.5) is 0 Å². The summed E-state index contributed by atoms with van der Waals surface area (Å²) in [6, 6.07) is 17.8. The fraction of sp³-hybridized carbons (Fsp3) is 0.167. The number of carbonyl (C=O) groups is 1. The van der Waals surface area contributed by atoms with Gasteiger partial charge in [0.25, 0.3) is 0 Å². The Morgan fingerprint density at radius 3 is 2.52 bits per heavy atom. The highest BCUT2D eigenvalue weighted by molar-refractivity contribution is 5.97. The second-order valence-electron chi connectivity index (χ2n) is 4.74. The Bertz CT molecular complexity index is 756. The van der Waals surface area contributed by atoms with Crippen LogP contribution in [0.3, 0.4) is 0 Å². The molecule has 0 radical (unpaired) electrons. The molecule has 0 aliphatic carbocycles. The summed E-state index contributed by atoms with van der Waals surface area (Å²) in [5.74, 6) is 0.384. The summed E-state index contributed by atoms with van der Waals surface area (Å²) in [6.45, 7) is 2.17. The topological polar surface area (TPSA) is 39.4 Å². The monoisotopic (exact) mass is 280 g/mol. The first-order valence-corrected chi connectivity index (χ1v) is 7.01. The van der Waals surface area contributed by atoms with Crippen molar-refractivity contribution in [2.45, 2.75) is 13.3 Å². The van der Waals surface area contributed by atoms with E-state index in [1.54, 1.807) is 6.92 Å². The fourth-order valence-corrected chi connectivity index (χ4v) is 2.49. The Kier molecular flexibility index (Phi) is 3.73. The molecular formula is C18H16O3. The SMILES string of the molecule is CCOC(=O)Cc1oc2ccccc2c1-c1ccccc1. The van der Waals surface area contributed by atoms with Crippen LogP contribution < -0.4 is 0 Å². The largest absolute Gasteiger partial charge is 0.466 e. The highest BCUT2D eigenvalue weighted by Gasteiger charge is 2.18. The van der Waals surface area contributed by atoms with Crippen LogP contribution >= 0.6 is 0 Å². The van der Waals surface area contributed by atoms with E-state index in [9.17, 15) is 4.79 Å². The number of ether oxygens (including phenoxy) is 1. The Morgan fingerprint density at radius 1 is 1.05 bits per heavy atom. The first kappa shape index (κ1) is 13.4. The van der Waals surface area contributed by atoms with E-state index < -0.39 is 0 Å². The van der Waals surface area contributed by atoms with Crippen molar-refractivity contribution in [1.29, 1.82) is 0 Å². The van der Waals surface area contributed by atoms with E-state index in [2.05, 4.69) is 0 Å². The molecule has 1 heterocycles. The Morgan fingerprint density at radius 2 is 1.76 bits per heavy atom. The molecule has 0 aliphatic heterocycles. The lowest BCUT2D eigenvalue weighted by atomic mass is 10.0. The normalized spacial score (nSPS) is 10.7. The van der Waals surface area contributed by atoms with Crippen molar-refractivity contribution in [3.63, 3.8) is 0 Å². The highest BCUT2D eigenvalue weighted by atomic mass is 16.5. The molecule has 1 aromatic heterocycles. The minimum Gasteiger partial charge on any atom is -0.466 e. The van der Waals surface area contributed by atoms with Gasteiger partial charge in [-0.15, -0.1) is 0 Å². The van der Waals surface area contributed by atoms with Gasteiger partial charge >= 0.3 is 5.97 Å². The zero-order chi connectivity index (χ0) is 14.7. The van der Waals surface area contributed by atoms with Crippen molar-refractivity contribution in [2.75, 3.05) is 6.61 Å². The van der Waals surface area contributed by atoms with Crippen LogP contribution in [0.25, 0.3) is 22.1 Å². The van der Waals surface area contributed by atoms with Crippen molar-refractivity contribution >= 4 is 16.9 Å². The third-order valence-corrected chi connectivity index (χ3v) is 3.34. The van der Waals surface area contributed by atoms with Crippen LogP contribution in [0.15, 0.2) is 59.0 Å². The molecule has 0 unspecified atom stereocenters. The average Bonchev–Trinajstić information content (AvgIpc) is 2.86. The molecule has 0 aliphatic rings. The van der Waals surface area contributed by atoms with Gasteiger partial charge in [0.15, 0.2) is 0 Å². The average molecular weight is 280 g/mol. The van der Waals surface area contributed by atoms with Crippen molar-refractivity contribution in [2.24, 2.45) is 0 Å². The van der Waals surface area contributed by atoms with Crippen LogP contribution in [0.5, 0.6) is 0 Å². The molecule has 0 amide bonds. The minimum absolute atomic E-state index is 0.146. The molecule has 3 nitrogen and oxygen atoms in total. The molecule has 21 heavy (non-hydrogen) atoms. The fourth-order valence-electron chi connectivity index (χ4n) is 2.49. The lowest BCUT2D eigenvalue weighted by molar-refractivity contribution is -0.142. The molecule has 0 atom stereocenters. The standard InChI is InChI=1S/C18H16O3/c1-2-20-17(19)12-16-18(13-8-4-3-5-9-13)14-10-6-7-11-15(14)21-16/h3-11H,2,12H2,1H3. The molecule has 3 aromatic rings. The van der Waals surface area contributed by atoms with E-state index >= 15 is 0 Å². The Hall–Kier alpha value is -2.55. The number of hydrogen-bond donors (Lipinski definition) is 0. The van der Waals surface area contributed by atoms with Crippen LogP contribution in [-0.2, 0) is 16.0 Å². The highest BCUT2D eigenvalue weighted by Crippen LogP contribution is 2.35. The lowest BCUT2D eigenvalue weighted by Gasteiger charge is -2.03. The molecular weight excluding hydrogens is 264 g/mol. The number of benzene rings is 2. The minimum atomic E-state index is -0.270. The maximum atomic E-state index is 11.8. The zero-order valence-electron chi connectivity index (χ0n) is 11.8. The summed E-state index contributed by atoms with van der Waals surface area (Å²) < 4.78 is 10.9. The van der Waals surface area contributed by atoms with E-state index in [1.165, 1.54) is 0 Å². The predicted octanol–water partition coefficient (Wildman–Crippen LogP) is 4.21. The van der Waals surface area contributed by atoms with Gasteiger partial charge in [0.05, 0.1) is 6.61 Å². The first-order valence-electron chi connectivity index (χ1n) is 7.01. The van der Waals surface area contributed by atoms with Crippen molar-refractivity contribution in [3.05, 3.63) is 60.4 Å². The van der Waals surface area contributed by atoms with Gasteiger partial charge in [-0.3, -0.25) is 4.79 Å². The molecule has 3 heteroatoms.